The van der Waals surface area contributed by atoms with E-state index < -0.39 is 10.0 Å². The highest BCUT2D eigenvalue weighted by Gasteiger charge is 2.21. The Morgan fingerprint density at radius 3 is 2.79 bits per heavy atom. The summed E-state index contributed by atoms with van der Waals surface area (Å²) in [6, 6.07) is 1.66. The van der Waals surface area contributed by atoms with Gasteiger partial charge in [0, 0.05) is 38.6 Å². The third-order valence-corrected chi connectivity index (χ3v) is 4.58. The van der Waals surface area contributed by atoms with Gasteiger partial charge in [0.25, 0.3) is 0 Å². The lowest BCUT2D eigenvalue weighted by atomic mass is 10.4. The van der Waals surface area contributed by atoms with Crippen LogP contribution in [0.4, 0.5) is 0 Å². The molecule has 0 saturated carbocycles. The Morgan fingerprint density at radius 1 is 1.42 bits per heavy atom. The van der Waals surface area contributed by atoms with Crippen molar-refractivity contribution in [3.63, 3.8) is 0 Å². The number of hydrogen-bond donors (Lipinski definition) is 2. The molecule has 0 aromatic carbocycles. The molecule has 0 atom stereocenters. The second-order valence-electron chi connectivity index (χ2n) is 4.16. The van der Waals surface area contributed by atoms with Gasteiger partial charge >= 0.3 is 0 Å². The zero-order valence-electron chi connectivity index (χ0n) is 11.8. The van der Waals surface area contributed by atoms with Crippen molar-refractivity contribution in [1.29, 1.82) is 0 Å². The number of likely N-dealkylation sites (N-methyl/N-ethyl adjacent to an activating group) is 1. The number of sulfonamides is 1. The first kappa shape index (κ1) is 16.2. The van der Waals surface area contributed by atoms with Crippen molar-refractivity contribution in [2.75, 3.05) is 33.4 Å². The molecular formula is C12H23N3O3S. The summed E-state index contributed by atoms with van der Waals surface area (Å²) in [6.07, 6.45) is 1.53. The van der Waals surface area contributed by atoms with E-state index in [1.165, 1.54) is 10.5 Å². The largest absolute Gasteiger partial charge is 0.380 e. The predicted molar refractivity (Wildman–Crippen MR) is 74.5 cm³/mol. The fraction of sp³-hybridized carbons (Fsp3) is 0.667. The summed E-state index contributed by atoms with van der Waals surface area (Å²) in [5.74, 6) is 0. The van der Waals surface area contributed by atoms with Gasteiger partial charge in [-0.3, -0.25) is 0 Å². The Hall–Kier alpha value is -0.890. The average molecular weight is 289 g/mol. The van der Waals surface area contributed by atoms with Gasteiger partial charge in [-0.1, -0.05) is 6.92 Å². The van der Waals surface area contributed by atoms with Gasteiger partial charge in [-0.2, -0.15) is 4.31 Å². The number of rotatable bonds is 9. The highest BCUT2D eigenvalue weighted by Crippen LogP contribution is 2.15. The first-order chi connectivity index (χ1) is 9.02. The molecule has 0 bridgehead atoms. The van der Waals surface area contributed by atoms with E-state index in [0.717, 1.165) is 12.2 Å². The normalized spacial score (nSPS) is 12.2. The molecule has 0 aliphatic rings. The zero-order chi connectivity index (χ0) is 14.3. The molecule has 7 heteroatoms. The van der Waals surface area contributed by atoms with Crippen LogP contribution >= 0.6 is 0 Å². The van der Waals surface area contributed by atoms with E-state index in [-0.39, 0.29) is 0 Å². The molecule has 0 fully saturated rings. The summed E-state index contributed by atoms with van der Waals surface area (Å²) in [5, 5.41) is 3.14. The minimum atomic E-state index is -3.43. The Kier molecular flexibility index (Phi) is 6.50. The van der Waals surface area contributed by atoms with E-state index in [1.54, 1.807) is 13.1 Å². The van der Waals surface area contributed by atoms with E-state index in [1.807, 2.05) is 13.8 Å². The van der Waals surface area contributed by atoms with Crippen LogP contribution < -0.4 is 5.32 Å². The maximum Gasteiger partial charge on any atom is 0.244 e. The van der Waals surface area contributed by atoms with Gasteiger partial charge < -0.3 is 15.0 Å². The van der Waals surface area contributed by atoms with Crippen LogP contribution in [0.25, 0.3) is 0 Å². The van der Waals surface area contributed by atoms with Gasteiger partial charge in [-0.25, -0.2) is 8.42 Å². The van der Waals surface area contributed by atoms with Crippen molar-refractivity contribution in [3.05, 3.63) is 18.0 Å². The number of nitrogens with zero attached hydrogens (tertiary/aromatic N) is 1. The van der Waals surface area contributed by atoms with Crippen molar-refractivity contribution in [3.8, 4) is 0 Å². The summed E-state index contributed by atoms with van der Waals surface area (Å²) >= 11 is 0. The second-order valence-corrected chi connectivity index (χ2v) is 6.21. The first-order valence-electron chi connectivity index (χ1n) is 6.44. The molecule has 1 aromatic rings. The molecule has 0 unspecified atom stereocenters. The van der Waals surface area contributed by atoms with Crippen molar-refractivity contribution < 1.29 is 13.2 Å². The molecule has 0 saturated heterocycles. The van der Waals surface area contributed by atoms with Crippen LogP contribution in [0.5, 0.6) is 0 Å². The SMILES string of the molecule is CCNCc1cc(S(=O)(=O)N(C)CCOCC)c[nH]1. The third-order valence-electron chi connectivity index (χ3n) is 2.74. The van der Waals surface area contributed by atoms with Gasteiger partial charge in [0.2, 0.25) is 10.0 Å². The minimum Gasteiger partial charge on any atom is -0.380 e. The van der Waals surface area contributed by atoms with E-state index in [4.69, 9.17) is 4.74 Å². The molecule has 1 rings (SSSR count). The van der Waals surface area contributed by atoms with Crippen molar-refractivity contribution >= 4 is 10.0 Å². The van der Waals surface area contributed by atoms with E-state index in [9.17, 15) is 8.42 Å². The summed E-state index contributed by atoms with van der Waals surface area (Å²) in [5.41, 5.74) is 0.860. The van der Waals surface area contributed by atoms with Crippen LogP contribution in [0.3, 0.4) is 0 Å². The van der Waals surface area contributed by atoms with Crippen LogP contribution in [0.2, 0.25) is 0 Å². The number of hydrogen-bond acceptors (Lipinski definition) is 4. The quantitative estimate of drug-likeness (QED) is 0.659. The Bertz CT molecular complexity index is 470. The molecule has 0 amide bonds. The number of H-pyrrole nitrogens is 1. The van der Waals surface area contributed by atoms with Gasteiger partial charge in [0.15, 0.2) is 0 Å². The average Bonchev–Trinajstić information content (AvgIpc) is 2.85. The summed E-state index contributed by atoms with van der Waals surface area (Å²) in [6.45, 7) is 6.70. The lowest BCUT2D eigenvalue weighted by molar-refractivity contribution is 0.138. The van der Waals surface area contributed by atoms with Crippen LogP contribution in [0.1, 0.15) is 19.5 Å². The van der Waals surface area contributed by atoms with Crippen LogP contribution in [0, 0.1) is 0 Å². The van der Waals surface area contributed by atoms with Gasteiger partial charge in [0.1, 0.15) is 0 Å². The predicted octanol–water partition coefficient (Wildman–Crippen LogP) is 0.781. The second kappa shape index (κ2) is 7.64. The fourth-order valence-corrected chi connectivity index (χ4v) is 2.74. The molecule has 2 N–H and O–H groups in total. The summed E-state index contributed by atoms with van der Waals surface area (Å²) < 4.78 is 31.0. The standard InChI is InChI=1S/C12H23N3O3S/c1-4-13-9-11-8-12(10-14-11)19(16,17)15(3)6-7-18-5-2/h8,10,13-14H,4-7,9H2,1-3H3. The Balaban J connectivity index is 2.68. The van der Waals surface area contributed by atoms with Crippen molar-refractivity contribution in [1.82, 2.24) is 14.6 Å². The molecule has 0 spiro atoms. The van der Waals surface area contributed by atoms with Crippen molar-refractivity contribution in [2.24, 2.45) is 0 Å². The molecular weight excluding hydrogens is 266 g/mol. The van der Waals surface area contributed by atoms with Crippen LogP contribution in [-0.2, 0) is 21.3 Å². The number of aromatic nitrogens is 1. The van der Waals surface area contributed by atoms with Crippen LogP contribution in [-0.4, -0.2) is 51.1 Å². The highest BCUT2D eigenvalue weighted by molar-refractivity contribution is 7.89. The molecule has 0 aliphatic heterocycles. The van der Waals surface area contributed by atoms with Crippen molar-refractivity contribution in [2.45, 2.75) is 25.3 Å². The molecule has 0 radical (unpaired) electrons. The number of nitrogens with one attached hydrogen (secondary N) is 2. The molecule has 1 aromatic heterocycles. The zero-order valence-corrected chi connectivity index (χ0v) is 12.6. The summed E-state index contributed by atoms with van der Waals surface area (Å²) in [7, 11) is -1.87. The molecule has 110 valence electrons. The lowest BCUT2D eigenvalue weighted by Crippen LogP contribution is -2.30. The molecule has 19 heavy (non-hydrogen) atoms. The maximum atomic E-state index is 12.2. The third kappa shape index (κ3) is 4.61. The number of aromatic amines is 1. The first-order valence-corrected chi connectivity index (χ1v) is 7.88. The lowest BCUT2D eigenvalue weighted by Gasteiger charge is -2.15. The fourth-order valence-electron chi connectivity index (χ4n) is 1.57. The summed E-state index contributed by atoms with van der Waals surface area (Å²) in [4.78, 5) is 3.26. The maximum absolute atomic E-state index is 12.2. The molecule has 1 heterocycles. The van der Waals surface area contributed by atoms with Gasteiger partial charge in [-0.05, 0) is 19.5 Å². The van der Waals surface area contributed by atoms with Crippen LogP contribution in [0.15, 0.2) is 17.2 Å². The molecule has 6 nitrogen and oxygen atoms in total. The van der Waals surface area contributed by atoms with E-state index >= 15 is 0 Å². The van der Waals surface area contributed by atoms with E-state index in [2.05, 4.69) is 10.3 Å². The van der Waals surface area contributed by atoms with E-state index in [0.29, 0.717) is 31.2 Å². The monoisotopic (exact) mass is 289 g/mol. The Labute approximate surface area is 115 Å². The smallest absolute Gasteiger partial charge is 0.244 e. The highest BCUT2D eigenvalue weighted by atomic mass is 32.2. The molecule has 0 aliphatic carbocycles. The topological polar surface area (TPSA) is 74.4 Å². The number of ether oxygens (including phenoxy) is 1. The minimum absolute atomic E-state index is 0.291. The van der Waals surface area contributed by atoms with Gasteiger partial charge in [0.05, 0.1) is 11.5 Å². The Morgan fingerprint density at radius 2 is 2.16 bits per heavy atom. The van der Waals surface area contributed by atoms with Gasteiger partial charge in [-0.15, -0.1) is 0 Å².